The summed E-state index contributed by atoms with van der Waals surface area (Å²) < 4.78 is 0. The minimum absolute atomic E-state index is 0.451. The fourth-order valence-corrected chi connectivity index (χ4v) is 1.72. The first kappa shape index (κ1) is 9.26. The Labute approximate surface area is 82.8 Å². The molecule has 0 aromatic heterocycles. The molecule has 1 saturated carbocycles. The highest BCUT2D eigenvalue weighted by molar-refractivity contribution is 6.59. The summed E-state index contributed by atoms with van der Waals surface area (Å²) in [6.07, 6.45) is 1.63. The summed E-state index contributed by atoms with van der Waals surface area (Å²) in [5.41, 5.74) is 0.754. The van der Waals surface area contributed by atoms with E-state index in [-0.39, 0.29) is 0 Å². The lowest BCUT2D eigenvalue weighted by Crippen LogP contribution is -2.35. The van der Waals surface area contributed by atoms with Crippen LogP contribution in [0.5, 0.6) is 0 Å². The van der Waals surface area contributed by atoms with Crippen LogP contribution in [0.1, 0.15) is 18.4 Å². The molecule has 1 aliphatic carbocycles. The molecule has 14 heavy (non-hydrogen) atoms. The molecule has 2 N–H and O–H groups in total. The van der Waals surface area contributed by atoms with Gasteiger partial charge in [-0.15, -0.1) is 0 Å². The van der Waals surface area contributed by atoms with Crippen LogP contribution in [0.3, 0.4) is 0 Å². The maximum Gasteiger partial charge on any atom is 0.488 e. The van der Waals surface area contributed by atoms with Crippen LogP contribution in [0.25, 0.3) is 0 Å². The number of nitrogens with zero attached hydrogens (tertiary/aromatic N) is 1. The summed E-state index contributed by atoms with van der Waals surface area (Å²) in [4.78, 5) is 0. The van der Waals surface area contributed by atoms with E-state index in [1.165, 1.54) is 0 Å². The molecule has 1 aliphatic rings. The number of hydrogen-bond donors (Lipinski definition) is 2. The van der Waals surface area contributed by atoms with Gasteiger partial charge >= 0.3 is 7.12 Å². The summed E-state index contributed by atoms with van der Waals surface area (Å²) in [5.74, 6) is 0. The lowest BCUT2D eigenvalue weighted by atomic mass is 9.73. The van der Waals surface area contributed by atoms with E-state index in [2.05, 4.69) is 6.07 Å². The Kier molecular flexibility index (Phi) is 2.07. The zero-order valence-electron chi connectivity index (χ0n) is 7.64. The third-order valence-electron chi connectivity index (χ3n) is 2.72. The third-order valence-corrected chi connectivity index (χ3v) is 2.72. The molecule has 0 bridgehead atoms. The molecule has 1 fully saturated rings. The minimum Gasteiger partial charge on any atom is -0.423 e. The molecule has 0 heterocycles. The summed E-state index contributed by atoms with van der Waals surface area (Å²) in [7, 11) is -1.49. The van der Waals surface area contributed by atoms with Crippen LogP contribution in [0.15, 0.2) is 24.3 Å². The monoisotopic (exact) mass is 187 g/mol. The summed E-state index contributed by atoms with van der Waals surface area (Å²) in [6, 6.07) is 9.25. The summed E-state index contributed by atoms with van der Waals surface area (Å²) >= 11 is 0. The van der Waals surface area contributed by atoms with Crippen molar-refractivity contribution in [2.24, 2.45) is 0 Å². The van der Waals surface area contributed by atoms with Crippen LogP contribution in [-0.2, 0) is 5.41 Å². The summed E-state index contributed by atoms with van der Waals surface area (Å²) in [5, 5.41) is 27.3. The maximum absolute atomic E-state index is 9.14. The van der Waals surface area contributed by atoms with Crippen LogP contribution in [0.2, 0.25) is 0 Å². The van der Waals surface area contributed by atoms with Crippen molar-refractivity contribution in [2.45, 2.75) is 18.3 Å². The molecular weight excluding hydrogens is 177 g/mol. The Morgan fingerprint density at radius 3 is 2.43 bits per heavy atom. The van der Waals surface area contributed by atoms with E-state index in [0.717, 1.165) is 18.4 Å². The second-order valence-electron chi connectivity index (χ2n) is 3.65. The van der Waals surface area contributed by atoms with Crippen molar-refractivity contribution >= 4 is 12.6 Å². The van der Waals surface area contributed by atoms with E-state index in [0.29, 0.717) is 5.46 Å². The number of nitriles is 1. The van der Waals surface area contributed by atoms with Gasteiger partial charge < -0.3 is 10.0 Å². The molecule has 70 valence electrons. The van der Waals surface area contributed by atoms with Gasteiger partial charge in [0.15, 0.2) is 0 Å². The van der Waals surface area contributed by atoms with Gasteiger partial charge in [-0.3, -0.25) is 0 Å². The zero-order chi connectivity index (χ0) is 10.2. The Morgan fingerprint density at radius 1 is 1.29 bits per heavy atom. The Bertz CT molecular complexity index is 393. The molecule has 1 aromatic rings. The Balaban J connectivity index is 2.48. The van der Waals surface area contributed by atoms with Gasteiger partial charge in [0, 0.05) is 0 Å². The fraction of sp³-hybridized carbons (Fsp3) is 0.300. The highest BCUT2D eigenvalue weighted by atomic mass is 16.4. The highest BCUT2D eigenvalue weighted by Gasteiger charge is 2.46. The van der Waals surface area contributed by atoms with Crippen molar-refractivity contribution in [2.75, 3.05) is 0 Å². The van der Waals surface area contributed by atoms with Crippen molar-refractivity contribution in [3.8, 4) is 6.07 Å². The first-order valence-corrected chi connectivity index (χ1v) is 4.56. The van der Waals surface area contributed by atoms with Crippen molar-refractivity contribution in [1.82, 2.24) is 0 Å². The lowest BCUT2D eigenvalue weighted by molar-refractivity contribution is 0.425. The molecule has 2 rings (SSSR count). The van der Waals surface area contributed by atoms with Gasteiger partial charge in [0.25, 0.3) is 0 Å². The molecular formula is C10H10BNO2. The van der Waals surface area contributed by atoms with E-state index in [1.54, 1.807) is 18.2 Å². The normalized spacial score (nSPS) is 17.2. The van der Waals surface area contributed by atoms with Crippen LogP contribution < -0.4 is 5.46 Å². The van der Waals surface area contributed by atoms with Gasteiger partial charge in [0.05, 0.1) is 11.5 Å². The standard InChI is InChI=1S/C10H10BNO2/c12-7-10(5-6-10)8-3-1-2-4-9(8)11(13)14/h1-4,13-14H,5-6H2. The quantitative estimate of drug-likeness (QED) is 0.636. The number of benzene rings is 1. The molecule has 0 unspecified atom stereocenters. The SMILES string of the molecule is N#CC1(c2ccccc2B(O)O)CC1. The van der Waals surface area contributed by atoms with Gasteiger partial charge in [-0.05, 0) is 23.9 Å². The lowest BCUT2D eigenvalue weighted by Gasteiger charge is -2.11. The van der Waals surface area contributed by atoms with E-state index in [9.17, 15) is 0 Å². The highest BCUT2D eigenvalue weighted by Crippen LogP contribution is 2.46. The number of hydrogen-bond acceptors (Lipinski definition) is 3. The molecule has 0 saturated heterocycles. The van der Waals surface area contributed by atoms with Gasteiger partial charge in [-0.2, -0.15) is 5.26 Å². The van der Waals surface area contributed by atoms with E-state index >= 15 is 0 Å². The van der Waals surface area contributed by atoms with Crippen molar-refractivity contribution in [3.63, 3.8) is 0 Å². The van der Waals surface area contributed by atoms with Gasteiger partial charge in [-0.1, -0.05) is 24.3 Å². The van der Waals surface area contributed by atoms with Crippen LogP contribution in [-0.4, -0.2) is 17.2 Å². The number of rotatable bonds is 2. The average Bonchev–Trinajstić information content (AvgIpc) is 2.98. The average molecular weight is 187 g/mol. The van der Waals surface area contributed by atoms with Crippen molar-refractivity contribution < 1.29 is 10.0 Å². The van der Waals surface area contributed by atoms with E-state index < -0.39 is 12.5 Å². The molecule has 0 atom stereocenters. The van der Waals surface area contributed by atoms with Gasteiger partial charge in [0.1, 0.15) is 0 Å². The first-order valence-electron chi connectivity index (χ1n) is 4.56. The maximum atomic E-state index is 9.14. The van der Waals surface area contributed by atoms with Crippen molar-refractivity contribution in [1.29, 1.82) is 5.26 Å². The summed E-state index contributed by atoms with van der Waals surface area (Å²) in [6.45, 7) is 0. The topological polar surface area (TPSA) is 64.2 Å². The predicted octanol–water partition coefficient (Wildman–Crippen LogP) is -0.0784. The van der Waals surface area contributed by atoms with Gasteiger partial charge in [0.2, 0.25) is 0 Å². The minimum atomic E-state index is -1.49. The van der Waals surface area contributed by atoms with Crippen LogP contribution in [0, 0.1) is 11.3 Å². The fourth-order valence-electron chi connectivity index (χ4n) is 1.72. The molecule has 0 spiro atoms. The van der Waals surface area contributed by atoms with Gasteiger partial charge in [-0.25, -0.2) is 0 Å². The first-order chi connectivity index (χ1) is 6.69. The van der Waals surface area contributed by atoms with Crippen LogP contribution in [0.4, 0.5) is 0 Å². The smallest absolute Gasteiger partial charge is 0.423 e. The molecule has 0 radical (unpaired) electrons. The third kappa shape index (κ3) is 1.31. The molecule has 0 amide bonds. The molecule has 4 heteroatoms. The van der Waals surface area contributed by atoms with E-state index in [4.69, 9.17) is 15.3 Å². The Morgan fingerprint density at radius 2 is 1.93 bits per heavy atom. The molecule has 0 aliphatic heterocycles. The zero-order valence-corrected chi connectivity index (χ0v) is 7.64. The second-order valence-corrected chi connectivity index (χ2v) is 3.65. The predicted molar refractivity (Wildman–Crippen MR) is 52.8 cm³/mol. The second kappa shape index (κ2) is 3.12. The molecule has 3 nitrogen and oxygen atoms in total. The van der Waals surface area contributed by atoms with Crippen LogP contribution >= 0.6 is 0 Å². The molecule has 1 aromatic carbocycles. The largest absolute Gasteiger partial charge is 0.488 e. The Hall–Kier alpha value is -1.31. The van der Waals surface area contributed by atoms with Crippen molar-refractivity contribution in [3.05, 3.63) is 29.8 Å². The van der Waals surface area contributed by atoms with E-state index in [1.807, 2.05) is 6.07 Å².